The van der Waals surface area contributed by atoms with Crippen molar-refractivity contribution in [1.82, 2.24) is 0 Å². The molecule has 0 aromatic rings. The first-order chi connectivity index (χ1) is 8.07. The molecular formula is C14H26O3. The highest BCUT2D eigenvalue weighted by Gasteiger charge is 2.03. The van der Waals surface area contributed by atoms with Gasteiger partial charge >= 0.3 is 5.97 Å². The maximum atomic E-state index is 10.5. The minimum Gasteiger partial charge on any atom is -0.478 e. The van der Waals surface area contributed by atoms with Crippen LogP contribution < -0.4 is 0 Å². The fourth-order valence-corrected chi connectivity index (χ4v) is 1.70. The Labute approximate surface area is 105 Å². The predicted octanol–water partition coefficient (Wildman–Crippen LogP) is 3.52. The molecule has 0 saturated heterocycles. The van der Waals surface area contributed by atoms with Crippen molar-refractivity contribution >= 4 is 5.97 Å². The number of allylic oxidation sites excluding steroid dienone is 1. The zero-order chi connectivity index (χ0) is 13.1. The monoisotopic (exact) mass is 242 g/mol. The van der Waals surface area contributed by atoms with Crippen molar-refractivity contribution in [3.8, 4) is 0 Å². The molecule has 1 unspecified atom stereocenters. The highest BCUT2D eigenvalue weighted by molar-refractivity contribution is 5.85. The highest BCUT2D eigenvalue weighted by atomic mass is 16.4. The van der Waals surface area contributed by atoms with Crippen LogP contribution in [0.5, 0.6) is 0 Å². The van der Waals surface area contributed by atoms with Gasteiger partial charge in [-0.05, 0) is 32.6 Å². The van der Waals surface area contributed by atoms with Crippen LogP contribution >= 0.6 is 0 Å². The van der Waals surface area contributed by atoms with Crippen molar-refractivity contribution < 1.29 is 15.0 Å². The number of rotatable bonds is 10. The Balaban J connectivity index is 3.45. The normalized spacial score (nSPS) is 13.7. The van der Waals surface area contributed by atoms with Crippen molar-refractivity contribution in [3.63, 3.8) is 0 Å². The Morgan fingerprint density at radius 1 is 1.18 bits per heavy atom. The lowest BCUT2D eigenvalue weighted by Crippen LogP contribution is -2.05. The van der Waals surface area contributed by atoms with Gasteiger partial charge in [0.15, 0.2) is 0 Å². The van der Waals surface area contributed by atoms with Crippen LogP contribution in [0.3, 0.4) is 0 Å². The molecule has 1 atom stereocenters. The molecule has 0 amide bonds. The smallest absolute Gasteiger partial charge is 0.330 e. The van der Waals surface area contributed by atoms with Crippen LogP contribution in [-0.2, 0) is 4.79 Å². The quantitative estimate of drug-likeness (QED) is 0.455. The van der Waals surface area contributed by atoms with E-state index in [1.165, 1.54) is 12.8 Å². The number of carboxylic acid groups (broad SMARTS) is 1. The molecule has 0 bridgehead atoms. The number of unbranched alkanes of at least 4 members (excludes halogenated alkanes) is 4. The maximum Gasteiger partial charge on any atom is 0.330 e. The van der Waals surface area contributed by atoms with Crippen LogP contribution in [0.1, 0.15) is 65.2 Å². The van der Waals surface area contributed by atoms with Crippen LogP contribution in [0.2, 0.25) is 0 Å². The van der Waals surface area contributed by atoms with Gasteiger partial charge < -0.3 is 10.2 Å². The van der Waals surface area contributed by atoms with Gasteiger partial charge in [0, 0.05) is 5.57 Å². The van der Waals surface area contributed by atoms with Crippen LogP contribution in [0, 0.1) is 0 Å². The summed E-state index contributed by atoms with van der Waals surface area (Å²) in [6.45, 7) is 3.77. The van der Waals surface area contributed by atoms with Gasteiger partial charge in [0.1, 0.15) is 0 Å². The van der Waals surface area contributed by atoms with Crippen LogP contribution in [-0.4, -0.2) is 22.3 Å². The second kappa shape index (κ2) is 10.3. The van der Waals surface area contributed by atoms with Gasteiger partial charge in [-0.15, -0.1) is 0 Å². The van der Waals surface area contributed by atoms with Gasteiger partial charge in [0.25, 0.3) is 0 Å². The first kappa shape index (κ1) is 16.2. The minimum atomic E-state index is -0.843. The average Bonchev–Trinajstić information content (AvgIpc) is 2.28. The number of hydrogen-bond acceptors (Lipinski definition) is 2. The van der Waals surface area contributed by atoms with E-state index in [-0.39, 0.29) is 6.10 Å². The molecular weight excluding hydrogens is 216 g/mol. The minimum absolute atomic E-state index is 0.175. The van der Waals surface area contributed by atoms with Gasteiger partial charge in [-0.2, -0.15) is 0 Å². The summed E-state index contributed by atoms with van der Waals surface area (Å²) in [7, 11) is 0. The molecule has 0 aliphatic heterocycles. The Morgan fingerprint density at radius 3 is 2.29 bits per heavy atom. The molecule has 100 valence electrons. The molecule has 0 spiro atoms. The number of aliphatic hydroxyl groups excluding tert-OH is 1. The molecule has 0 aromatic heterocycles. The Morgan fingerprint density at radius 2 is 1.76 bits per heavy atom. The van der Waals surface area contributed by atoms with Crippen LogP contribution in [0.25, 0.3) is 0 Å². The van der Waals surface area contributed by atoms with E-state index in [1.807, 2.05) is 0 Å². The van der Waals surface area contributed by atoms with Gasteiger partial charge in [-0.25, -0.2) is 4.79 Å². The van der Waals surface area contributed by atoms with Crippen LogP contribution in [0.4, 0.5) is 0 Å². The van der Waals surface area contributed by atoms with Gasteiger partial charge in [-0.3, -0.25) is 0 Å². The lowest BCUT2D eigenvalue weighted by molar-refractivity contribution is -0.132. The van der Waals surface area contributed by atoms with E-state index in [1.54, 1.807) is 13.0 Å². The summed E-state index contributed by atoms with van der Waals surface area (Å²) in [5.41, 5.74) is 0.411. The van der Waals surface area contributed by atoms with Crippen molar-refractivity contribution in [1.29, 1.82) is 0 Å². The second-order valence-corrected chi connectivity index (χ2v) is 4.63. The zero-order valence-corrected chi connectivity index (χ0v) is 11.1. The third kappa shape index (κ3) is 10.1. The highest BCUT2D eigenvalue weighted by Crippen LogP contribution is 2.11. The first-order valence-electron chi connectivity index (χ1n) is 6.66. The predicted molar refractivity (Wildman–Crippen MR) is 70.0 cm³/mol. The third-order valence-electron chi connectivity index (χ3n) is 2.92. The first-order valence-corrected chi connectivity index (χ1v) is 6.66. The van der Waals surface area contributed by atoms with E-state index in [9.17, 15) is 9.90 Å². The van der Waals surface area contributed by atoms with Crippen LogP contribution in [0.15, 0.2) is 11.6 Å². The Kier molecular flexibility index (Phi) is 9.83. The molecule has 0 heterocycles. The number of aliphatic hydroxyl groups is 1. The zero-order valence-electron chi connectivity index (χ0n) is 11.1. The average molecular weight is 242 g/mol. The van der Waals surface area contributed by atoms with E-state index in [0.717, 1.165) is 38.5 Å². The molecule has 2 N–H and O–H groups in total. The Bertz CT molecular complexity index is 234. The summed E-state index contributed by atoms with van der Waals surface area (Å²) in [4.78, 5) is 10.5. The van der Waals surface area contributed by atoms with Crippen molar-refractivity contribution in [3.05, 3.63) is 11.6 Å². The lowest BCUT2D eigenvalue weighted by atomic mass is 10.0. The Hall–Kier alpha value is -0.830. The number of aliphatic carboxylic acids is 1. The van der Waals surface area contributed by atoms with Crippen molar-refractivity contribution in [2.45, 2.75) is 71.3 Å². The summed E-state index contributed by atoms with van der Waals surface area (Å²) in [5, 5.41) is 18.3. The van der Waals surface area contributed by atoms with E-state index < -0.39 is 5.97 Å². The van der Waals surface area contributed by atoms with Crippen molar-refractivity contribution in [2.24, 2.45) is 0 Å². The standard InChI is InChI=1S/C14H26O3/c1-3-4-6-10-13(15)11-8-5-7-9-12(2)14(16)17/h9,13,15H,3-8,10-11H2,1-2H3,(H,16,17). The molecule has 0 radical (unpaired) electrons. The second-order valence-electron chi connectivity index (χ2n) is 4.63. The van der Waals surface area contributed by atoms with Gasteiger partial charge in [-0.1, -0.05) is 38.7 Å². The molecule has 0 aliphatic rings. The molecule has 0 saturated carbocycles. The molecule has 0 aromatic carbocycles. The summed E-state index contributed by atoms with van der Waals surface area (Å²) in [5.74, 6) is -0.843. The molecule has 0 aliphatic carbocycles. The van der Waals surface area contributed by atoms with Crippen molar-refractivity contribution in [2.75, 3.05) is 0 Å². The fraction of sp³-hybridized carbons (Fsp3) is 0.786. The van der Waals surface area contributed by atoms with E-state index in [0.29, 0.717) is 5.57 Å². The molecule has 3 heteroatoms. The molecule has 0 rings (SSSR count). The summed E-state index contributed by atoms with van der Waals surface area (Å²) < 4.78 is 0. The lowest BCUT2D eigenvalue weighted by Gasteiger charge is -2.09. The summed E-state index contributed by atoms with van der Waals surface area (Å²) >= 11 is 0. The molecule has 3 nitrogen and oxygen atoms in total. The fourth-order valence-electron chi connectivity index (χ4n) is 1.70. The van der Waals surface area contributed by atoms with Gasteiger partial charge in [0.2, 0.25) is 0 Å². The molecule has 17 heavy (non-hydrogen) atoms. The SMILES string of the molecule is CCCCCC(O)CCCCC=C(C)C(=O)O. The summed E-state index contributed by atoms with van der Waals surface area (Å²) in [6, 6.07) is 0. The van der Waals surface area contributed by atoms with Gasteiger partial charge in [0.05, 0.1) is 6.10 Å². The number of hydrogen-bond donors (Lipinski definition) is 2. The number of carboxylic acids is 1. The topological polar surface area (TPSA) is 57.5 Å². The largest absolute Gasteiger partial charge is 0.478 e. The van der Waals surface area contributed by atoms with E-state index in [4.69, 9.17) is 5.11 Å². The van der Waals surface area contributed by atoms with E-state index in [2.05, 4.69) is 6.92 Å². The molecule has 0 fully saturated rings. The maximum absolute atomic E-state index is 10.5. The number of carbonyl (C=O) groups is 1. The third-order valence-corrected chi connectivity index (χ3v) is 2.92. The summed E-state index contributed by atoms with van der Waals surface area (Å²) in [6.07, 6.45) is 9.52. The van der Waals surface area contributed by atoms with E-state index >= 15 is 0 Å².